The number of aromatic carboxylic acids is 1. The van der Waals surface area contributed by atoms with Crippen molar-refractivity contribution in [1.29, 1.82) is 0 Å². The van der Waals surface area contributed by atoms with Gasteiger partial charge in [-0.15, -0.1) is 22.7 Å². The molecule has 0 fully saturated rings. The van der Waals surface area contributed by atoms with Crippen LogP contribution >= 0.6 is 22.7 Å². The number of anilines is 3. The molecule has 2 aromatic heterocycles. The van der Waals surface area contributed by atoms with Gasteiger partial charge in [-0.3, -0.25) is 9.59 Å². The molecule has 0 saturated carbocycles. The molecule has 0 radical (unpaired) electrons. The Balaban J connectivity index is 0.988. The van der Waals surface area contributed by atoms with Crippen LogP contribution in [0.15, 0.2) is 157 Å². The number of hydrogen-bond donors (Lipinski definition) is 1. The van der Waals surface area contributed by atoms with Crippen LogP contribution in [0.25, 0.3) is 53.8 Å². The summed E-state index contributed by atoms with van der Waals surface area (Å²) in [6, 6.07) is 52.9. The molecule has 6 aromatic carbocycles. The second kappa shape index (κ2) is 27.1. The maximum Gasteiger partial charge on any atom is 0.335 e. The summed E-state index contributed by atoms with van der Waals surface area (Å²) in [5, 5.41) is 9.89. The molecule has 2 amide bonds. The zero-order chi connectivity index (χ0) is 66.5. The Morgan fingerprint density at radius 1 is 0.453 bits per heavy atom. The maximum atomic E-state index is 16.4. The first-order chi connectivity index (χ1) is 46.0. The van der Waals surface area contributed by atoms with Crippen LogP contribution in [0.2, 0.25) is 0 Å². The quantitative estimate of drug-likeness (QED) is 0.0473. The number of carboxylic acid groups (broad SMARTS) is 1. The van der Waals surface area contributed by atoms with Gasteiger partial charge >= 0.3 is 5.97 Å². The average Bonchev–Trinajstić information content (AvgIpc) is 1.53. The van der Waals surface area contributed by atoms with Crippen LogP contribution in [0.3, 0.4) is 0 Å². The number of carboxylic acids is 1. The molecule has 0 spiro atoms. The van der Waals surface area contributed by atoms with E-state index in [1.165, 1.54) is 78.2 Å². The summed E-state index contributed by atoms with van der Waals surface area (Å²) in [6.45, 7) is 24.1. The molecule has 1 N–H and O–H groups in total. The third kappa shape index (κ3) is 11.6. The van der Waals surface area contributed by atoms with E-state index < -0.39 is 5.97 Å². The number of carbonyl (C=O) groups excluding carboxylic acids is 2. The van der Waals surface area contributed by atoms with E-state index in [2.05, 4.69) is 200 Å². The molecule has 13 rings (SSSR count). The van der Waals surface area contributed by atoms with Gasteiger partial charge < -0.3 is 19.8 Å². The van der Waals surface area contributed by atoms with Gasteiger partial charge in [-0.05, 0) is 165 Å². The van der Waals surface area contributed by atoms with Crippen LogP contribution in [-0.4, -0.2) is 45.8 Å². The van der Waals surface area contributed by atoms with Crippen LogP contribution in [-0.2, 0) is 25.8 Å². The summed E-state index contributed by atoms with van der Waals surface area (Å²) in [5.74, 6) is -0.540. The minimum atomic E-state index is -0.926. The zero-order valence-corrected chi connectivity index (χ0v) is 59.6. The summed E-state index contributed by atoms with van der Waals surface area (Å²) in [4.78, 5) is 56.2. The van der Waals surface area contributed by atoms with E-state index in [9.17, 15) is 9.90 Å². The molecule has 2 aliphatic heterocycles. The summed E-state index contributed by atoms with van der Waals surface area (Å²) in [6.07, 6.45) is 19.5. The Bertz CT molecular complexity index is 4170. The van der Waals surface area contributed by atoms with Crippen molar-refractivity contribution in [1.82, 2.24) is 9.80 Å². The average molecular weight is 1300 g/mol. The van der Waals surface area contributed by atoms with Gasteiger partial charge in [0.25, 0.3) is 11.8 Å². The topological polar surface area (TPSA) is 81.2 Å². The van der Waals surface area contributed by atoms with Crippen molar-refractivity contribution in [2.45, 2.75) is 201 Å². The lowest BCUT2D eigenvalue weighted by atomic mass is 9.71. The van der Waals surface area contributed by atoms with E-state index in [0.717, 1.165) is 152 Å². The van der Waals surface area contributed by atoms with Crippen molar-refractivity contribution in [3.63, 3.8) is 0 Å². The van der Waals surface area contributed by atoms with Gasteiger partial charge in [0, 0.05) is 61.0 Å². The molecule has 95 heavy (non-hydrogen) atoms. The Morgan fingerprint density at radius 3 is 1.37 bits per heavy atom. The van der Waals surface area contributed by atoms with Crippen LogP contribution in [0, 0.1) is 11.8 Å². The fraction of sp³-hybridized carbons (Fsp3) is 0.407. The third-order valence-electron chi connectivity index (χ3n) is 22.5. The highest BCUT2D eigenvalue weighted by Gasteiger charge is 2.52. The van der Waals surface area contributed by atoms with Crippen LogP contribution in [0.5, 0.6) is 0 Å². The fourth-order valence-corrected chi connectivity index (χ4v) is 19.7. The number of fused-ring (bicyclic) bond motifs is 10. The number of hydrogen-bond acceptors (Lipinski definition) is 6. The van der Waals surface area contributed by atoms with E-state index in [-0.39, 0.29) is 45.5 Å². The Morgan fingerprint density at radius 2 is 0.884 bits per heavy atom. The molecule has 2 atom stereocenters. The lowest BCUT2D eigenvalue weighted by molar-refractivity contribution is -0.124. The molecule has 9 heteroatoms. The highest BCUT2D eigenvalue weighted by Crippen LogP contribution is 2.63. The van der Waals surface area contributed by atoms with Crippen LogP contribution < -0.4 is 4.90 Å². The van der Waals surface area contributed by atoms with Gasteiger partial charge in [-0.1, -0.05) is 244 Å². The van der Waals surface area contributed by atoms with Crippen molar-refractivity contribution in [2.24, 2.45) is 11.8 Å². The molecular weight excluding hydrogens is 1200 g/mol. The molecule has 3 aliphatic carbocycles. The summed E-state index contributed by atoms with van der Waals surface area (Å²) in [7, 11) is 0. The predicted octanol–water partition coefficient (Wildman–Crippen LogP) is 23.7. The smallest absolute Gasteiger partial charge is 0.335 e. The van der Waals surface area contributed by atoms with Gasteiger partial charge in [0.2, 0.25) is 0 Å². The summed E-state index contributed by atoms with van der Waals surface area (Å²) >= 11 is 3.61. The number of rotatable bonds is 29. The lowest BCUT2D eigenvalue weighted by Crippen LogP contribution is -2.34. The normalized spacial score (nSPS) is 16.5. The van der Waals surface area contributed by atoms with Crippen LogP contribution in [0.1, 0.15) is 239 Å². The minimum absolute atomic E-state index is 0.0607. The number of amides is 2. The second-order valence-electron chi connectivity index (χ2n) is 29.1. The molecule has 2 unspecified atom stereocenters. The molecule has 492 valence electrons. The van der Waals surface area contributed by atoms with E-state index in [0.29, 0.717) is 24.2 Å². The van der Waals surface area contributed by atoms with E-state index >= 15 is 9.59 Å². The van der Waals surface area contributed by atoms with Gasteiger partial charge in [-0.2, -0.15) is 0 Å². The Hall–Kier alpha value is -7.59. The lowest BCUT2D eigenvalue weighted by Gasteiger charge is -2.32. The maximum absolute atomic E-state index is 16.4. The zero-order valence-electron chi connectivity index (χ0n) is 58.0. The van der Waals surface area contributed by atoms with Crippen molar-refractivity contribution in [3.8, 4) is 42.4 Å². The minimum Gasteiger partial charge on any atom is -0.478 e. The molecule has 0 bridgehead atoms. The highest BCUT2D eigenvalue weighted by atomic mass is 32.1. The van der Waals surface area contributed by atoms with E-state index in [4.69, 9.17) is 0 Å². The first-order valence-electron chi connectivity index (χ1n) is 36.2. The number of thiophene rings is 2. The standard InChI is InChI=1S/C86H97N3O4S2/c1-11-17-21-27-47-86(48-28-22-18-12-2)71-51-73(57-35-37-59(38-36-57)83(92)93)94-79(71)80-72(86)52-74(95-80)78-76-75(81(90)88(78)54-56(16-6)30-20-14-4)77(87(82(76)91)53-55(15-5)29-19-13-3)58-39-41-60(42-40-58)89(61-43-45-65-63-31-23-25-33-67(63)84(7,8)69(65)49-61)62-44-46-66-64-32-24-26-34-68(64)85(9,10)70(66)50-62/h23-26,31-46,49-52,55-56H,11-22,27-30,47-48,53-54H2,1-10H3,(H,92,93). The number of nitrogens with zero attached hydrogens (tertiary/aromatic N) is 3. The number of unbranched alkanes of at least 4 members (excludes halogenated alkanes) is 8. The van der Waals surface area contributed by atoms with E-state index in [1.807, 2.05) is 28.4 Å². The fourth-order valence-electron chi connectivity index (χ4n) is 16.9. The van der Waals surface area contributed by atoms with Gasteiger partial charge in [0.1, 0.15) is 0 Å². The molecule has 8 aromatic rings. The second-order valence-corrected chi connectivity index (χ2v) is 31.2. The molecular formula is C86H97N3O4S2. The molecule has 5 aliphatic rings. The van der Waals surface area contributed by atoms with E-state index in [1.54, 1.807) is 23.5 Å². The summed E-state index contributed by atoms with van der Waals surface area (Å²) < 4.78 is 0. The molecule has 4 heterocycles. The van der Waals surface area contributed by atoms with Crippen LogP contribution in [0.4, 0.5) is 17.1 Å². The Kier molecular flexibility index (Phi) is 18.9. The largest absolute Gasteiger partial charge is 0.478 e. The SMILES string of the molecule is CCCCCCC1(CCCCCC)c2cc(C3=C4C(=O)N(CC(CC)CCCC)C(c5ccc(N(c6ccc7c(c6)C(C)(C)c6ccccc6-7)c6ccc7c(c6)C(C)(C)c6ccccc6-7)cc5)=C4C(=O)N3CC(CC)CCCC)sc2-c2sc(-c3ccc(C(=O)O)cc3)cc21. The van der Waals surface area contributed by atoms with Crippen molar-refractivity contribution in [3.05, 3.63) is 206 Å². The summed E-state index contributed by atoms with van der Waals surface area (Å²) in [5.41, 5.74) is 20.5. The predicted molar refractivity (Wildman–Crippen MR) is 398 cm³/mol. The highest BCUT2D eigenvalue weighted by molar-refractivity contribution is 7.25. The van der Waals surface area contributed by atoms with Crippen molar-refractivity contribution >= 4 is 68.9 Å². The van der Waals surface area contributed by atoms with Gasteiger partial charge in [0.15, 0.2) is 0 Å². The monoisotopic (exact) mass is 1300 g/mol. The Labute approximate surface area is 574 Å². The number of carbonyl (C=O) groups is 3. The molecule has 7 nitrogen and oxygen atoms in total. The third-order valence-corrected chi connectivity index (χ3v) is 25.0. The van der Waals surface area contributed by atoms with Gasteiger partial charge in [0.05, 0.1) is 33.0 Å². The molecule has 0 saturated heterocycles. The first kappa shape index (κ1) is 66.0. The van der Waals surface area contributed by atoms with Gasteiger partial charge in [-0.25, -0.2) is 4.79 Å². The van der Waals surface area contributed by atoms with Crippen molar-refractivity contribution < 1.29 is 19.5 Å². The van der Waals surface area contributed by atoms with Crippen molar-refractivity contribution in [2.75, 3.05) is 18.0 Å². The first-order valence-corrected chi connectivity index (χ1v) is 37.8. The number of benzene rings is 6.